The number of rotatable bonds is 7. The maximum Gasteiger partial charge on any atom is 0.320 e. The van der Waals surface area contributed by atoms with E-state index >= 15 is 0 Å². The van der Waals surface area contributed by atoms with Crippen molar-refractivity contribution in [1.82, 2.24) is 24.7 Å². The SMILES string of the molecule is C[C@@H]1[C@H](N2CCCN(C)C2=O)CCCN1c1cnc(C(N)=O)c(Nc2ccc(C3CCN(C4CCCC4)CC3)cc2)n1. The van der Waals surface area contributed by atoms with Gasteiger partial charge in [-0.15, -0.1) is 0 Å². The topological polar surface area (TPSA) is 111 Å². The summed E-state index contributed by atoms with van der Waals surface area (Å²) in [4.78, 5) is 43.3. The smallest absolute Gasteiger partial charge is 0.320 e. The predicted molar refractivity (Wildman–Crippen MR) is 165 cm³/mol. The molecule has 4 fully saturated rings. The van der Waals surface area contributed by atoms with E-state index in [2.05, 4.69) is 51.3 Å². The first kappa shape index (κ1) is 28.7. The van der Waals surface area contributed by atoms with Gasteiger partial charge in [-0.25, -0.2) is 14.8 Å². The largest absolute Gasteiger partial charge is 0.364 e. The van der Waals surface area contributed by atoms with Gasteiger partial charge in [0.05, 0.1) is 12.2 Å². The number of aromatic nitrogens is 2. The third-order valence-corrected chi connectivity index (χ3v) is 10.1. The first-order valence-electron chi connectivity index (χ1n) is 16.0. The lowest BCUT2D eigenvalue weighted by molar-refractivity contribution is 0.0992. The molecule has 10 nitrogen and oxygen atoms in total. The number of nitrogens with one attached hydrogen (secondary N) is 1. The molecule has 1 aromatic carbocycles. The molecular formula is C32H46N8O2. The molecule has 42 heavy (non-hydrogen) atoms. The van der Waals surface area contributed by atoms with Crippen molar-refractivity contribution >= 4 is 29.3 Å². The Balaban J connectivity index is 1.15. The van der Waals surface area contributed by atoms with Gasteiger partial charge in [-0.3, -0.25) is 4.79 Å². The van der Waals surface area contributed by atoms with Crippen LogP contribution in [0.25, 0.3) is 0 Å². The Morgan fingerprint density at radius 2 is 1.62 bits per heavy atom. The van der Waals surface area contributed by atoms with Crippen molar-refractivity contribution in [2.24, 2.45) is 5.73 Å². The third kappa shape index (κ3) is 5.91. The van der Waals surface area contributed by atoms with Gasteiger partial charge in [-0.05, 0) is 88.6 Å². The quantitative estimate of drug-likeness (QED) is 0.499. The minimum Gasteiger partial charge on any atom is -0.364 e. The Labute approximate surface area is 249 Å². The monoisotopic (exact) mass is 574 g/mol. The normalized spacial score (nSPS) is 24.8. The van der Waals surface area contributed by atoms with Crippen LogP contribution in [-0.2, 0) is 0 Å². The molecule has 3 amide bonds. The van der Waals surface area contributed by atoms with Crippen molar-refractivity contribution in [3.05, 3.63) is 41.7 Å². The van der Waals surface area contributed by atoms with Crippen LogP contribution in [0.5, 0.6) is 0 Å². The molecule has 1 saturated carbocycles. The fourth-order valence-electron chi connectivity index (χ4n) is 7.69. The zero-order valence-electron chi connectivity index (χ0n) is 25.2. The van der Waals surface area contributed by atoms with Gasteiger partial charge in [0.2, 0.25) is 0 Å². The van der Waals surface area contributed by atoms with Crippen LogP contribution in [0.15, 0.2) is 30.5 Å². The number of benzene rings is 1. The number of piperidine rings is 2. The molecule has 2 aromatic rings. The van der Waals surface area contributed by atoms with Crippen LogP contribution in [0.2, 0.25) is 0 Å². The molecule has 0 bridgehead atoms. The standard InChI is InChI=1S/C32H46N8O2/c1-22-27(40-18-6-16-37(2)32(40)42)9-5-17-39(22)28-21-34-29(30(33)41)31(36-28)35-25-12-10-23(11-13-25)24-14-19-38(20-15-24)26-7-3-4-8-26/h10-13,21-22,24,26-27H,3-9,14-20H2,1-2H3,(H2,33,41)(H,35,36)/t22-,27-/m1/s1. The average Bonchev–Trinajstić information content (AvgIpc) is 3.55. The minimum absolute atomic E-state index is 0.0650. The number of anilines is 3. The van der Waals surface area contributed by atoms with Gasteiger partial charge >= 0.3 is 6.03 Å². The molecule has 3 aliphatic heterocycles. The van der Waals surface area contributed by atoms with Gasteiger partial charge < -0.3 is 30.7 Å². The number of likely N-dealkylation sites (tertiary alicyclic amines) is 1. The lowest BCUT2D eigenvalue weighted by atomic mass is 9.88. The van der Waals surface area contributed by atoms with E-state index in [9.17, 15) is 9.59 Å². The van der Waals surface area contributed by atoms with E-state index in [0.29, 0.717) is 17.6 Å². The van der Waals surface area contributed by atoms with Gasteiger partial charge in [0.1, 0.15) is 5.82 Å². The van der Waals surface area contributed by atoms with E-state index in [4.69, 9.17) is 10.7 Å². The summed E-state index contributed by atoms with van der Waals surface area (Å²) in [5.41, 5.74) is 8.04. The van der Waals surface area contributed by atoms with E-state index in [1.807, 2.05) is 16.8 Å². The Hall–Kier alpha value is -3.40. The van der Waals surface area contributed by atoms with E-state index in [1.54, 1.807) is 6.20 Å². The van der Waals surface area contributed by atoms with E-state index < -0.39 is 5.91 Å². The first-order valence-corrected chi connectivity index (χ1v) is 16.0. The number of amides is 3. The fourth-order valence-corrected chi connectivity index (χ4v) is 7.69. The highest BCUT2D eigenvalue weighted by Gasteiger charge is 2.38. The Bertz CT molecular complexity index is 1260. The van der Waals surface area contributed by atoms with Crippen molar-refractivity contribution in [1.29, 1.82) is 0 Å². The summed E-state index contributed by atoms with van der Waals surface area (Å²) in [6, 6.07) is 9.59. The summed E-state index contributed by atoms with van der Waals surface area (Å²) in [7, 11) is 1.87. The van der Waals surface area contributed by atoms with Crippen molar-refractivity contribution < 1.29 is 9.59 Å². The molecule has 10 heteroatoms. The highest BCUT2D eigenvalue weighted by molar-refractivity contribution is 5.96. The number of carbonyl (C=O) groups is 2. The van der Waals surface area contributed by atoms with E-state index in [0.717, 1.165) is 50.6 Å². The number of hydrogen-bond acceptors (Lipinski definition) is 7. The highest BCUT2D eigenvalue weighted by atomic mass is 16.2. The minimum atomic E-state index is -0.617. The van der Waals surface area contributed by atoms with E-state index in [-0.39, 0.29) is 23.8 Å². The molecule has 1 aliphatic carbocycles. The number of nitrogens with two attached hydrogens (primary N) is 1. The summed E-state index contributed by atoms with van der Waals surface area (Å²) in [5.74, 6) is 1.01. The van der Waals surface area contributed by atoms with Crippen LogP contribution >= 0.6 is 0 Å². The molecule has 4 heterocycles. The maximum absolute atomic E-state index is 12.9. The molecule has 3 N–H and O–H groups in total. The summed E-state index contributed by atoms with van der Waals surface area (Å²) in [6.45, 7) is 6.93. The summed E-state index contributed by atoms with van der Waals surface area (Å²) in [6.07, 6.45) is 12.4. The average molecular weight is 575 g/mol. The molecule has 226 valence electrons. The van der Waals surface area contributed by atoms with Gasteiger partial charge in [-0.1, -0.05) is 25.0 Å². The predicted octanol–water partition coefficient (Wildman–Crippen LogP) is 4.56. The third-order valence-electron chi connectivity index (χ3n) is 10.1. The zero-order valence-corrected chi connectivity index (χ0v) is 25.2. The molecule has 2 atom stereocenters. The Morgan fingerprint density at radius 1 is 0.905 bits per heavy atom. The van der Waals surface area contributed by atoms with Gasteiger partial charge in [0, 0.05) is 44.5 Å². The molecule has 3 saturated heterocycles. The van der Waals surface area contributed by atoms with Crippen molar-refractivity contribution in [2.75, 3.05) is 50.0 Å². The summed E-state index contributed by atoms with van der Waals surface area (Å²) < 4.78 is 0. The molecular weight excluding hydrogens is 528 g/mol. The molecule has 4 aliphatic rings. The molecule has 1 aromatic heterocycles. The van der Waals surface area contributed by atoms with Crippen LogP contribution in [0.4, 0.5) is 22.1 Å². The van der Waals surface area contributed by atoms with E-state index in [1.165, 1.54) is 57.2 Å². The number of hydrogen-bond donors (Lipinski definition) is 2. The number of carbonyl (C=O) groups excluding carboxylic acids is 2. The molecule has 0 spiro atoms. The second-order valence-electron chi connectivity index (χ2n) is 12.7. The van der Waals surface area contributed by atoms with Crippen LogP contribution in [-0.4, -0.2) is 94.5 Å². The lowest BCUT2D eigenvalue weighted by Crippen LogP contribution is -2.60. The van der Waals surface area contributed by atoms with Crippen LogP contribution in [0, 0.1) is 0 Å². The van der Waals surface area contributed by atoms with Crippen LogP contribution in [0.3, 0.4) is 0 Å². The van der Waals surface area contributed by atoms with Crippen molar-refractivity contribution in [3.63, 3.8) is 0 Å². The number of urea groups is 1. The van der Waals surface area contributed by atoms with Gasteiger partial charge in [-0.2, -0.15) is 0 Å². The second-order valence-corrected chi connectivity index (χ2v) is 12.7. The second kappa shape index (κ2) is 12.5. The van der Waals surface area contributed by atoms with Gasteiger partial charge in [0.15, 0.2) is 11.5 Å². The van der Waals surface area contributed by atoms with Gasteiger partial charge in [0.25, 0.3) is 5.91 Å². The van der Waals surface area contributed by atoms with Crippen LogP contribution in [0.1, 0.15) is 86.7 Å². The fraction of sp³-hybridized carbons (Fsp3) is 0.625. The first-order chi connectivity index (χ1) is 20.4. The van der Waals surface area contributed by atoms with Crippen LogP contribution < -0.4 is 16.0 Å². The molecule has 0 radical (unpaired) electrons. The Morgan fingerprint density at radius 3 is 2.33 bits per heavy atom. The molecule has 6 rings (SSSR count). The number of nitrogens with zero attached hydrogens (tertiary/aromatic N) is 6. The highest BCUT2D eigenvalue weighted by Crippen LogP contribution is 2.34. The summed E-state index contributed by atoms with van der Waals surface area (Å²) in [5, 5.41) is 3.33. The van der Waals surface area contributed by atoms with Crippen molar-refractivity contribution in [2.45, 2.75) is 88.8 Å². The lowest BCUT2D eigenvalue weighted by Gasteiger charge is -2.47. The zero-order chi connectivity index (χ0) is 29.2. The molecule has 0 unspecified atom stereocenters. The Kier molecular flexibility index (Phi) is 8.51. The summed E-state index contributed by atoms with van der Waals surface area (Å²) >= 11 is 0. The number of primary amides is 1. The van der Waals surface area contributed by atoms with Crippen molar-refractivity contribution in [3.8, 4) is 0 Å². The maximum atomic E-state index is 12.9.